The van der Waals surface area contributed by atoms with Gasteiger partial charge in [0.1, 0.15) is 5.75 Å². The van der Waals surface area contributed by atoms with Crippen LogP contribution in [0.3, 0.4) is 0 Å². The highest BCUT2D eigenvalue weighted by atomic mass is 35.5. The molecule has 88 valence electrons. The number of hydrogen-bond donors (Lipinski definition) is 2. The highest BCUT2D eigenvalue weighted by Crippen LogP contribution is 2.33. The molecule has 4 heteroatoms. The third-order valence-electron chi connectivity index (χ3n) is 2.73. The Morgan fingerprint density at radius 2 is 2.06 bits per heavy atom. The molecule has 3 nitrogen and oxygen atoms in total. The number of carbonyl (C=O) groups is 1. The van der Waals surface area contributed by atoms with Gasteiger partial charge in [0.2, 0.25) is 0 Å². The molecule has 0 aliphatic carbocycles. The summed E-state index contributed by atoms with van der Waals surface area (Å²) in [6.07, 6.45) is 0.419. The molecule has 0 heterocycles. The van der Waals surface area contributed by atoms with Crippen LogP contribution in [0.25, 0.3) is 0 Å². The third kappa shape index (κ3) is 2.47. The van der Waals surface area contributed by atoms with E-state index in [1.54, 1.807) is 26.8 Å². The van der Waals surface area contributed by atoms with Gasteiger partial charge >= 0.3 is 5.97 Å². The van der Waals surface area contributed by atoms with Gasteiger partial charge < -0.3 is 10.2 Å². The molecular formula is C12H15ClO3. The Bertz CT molecular complexity index is 427. The van der Waals surface area contributed by atoms with Crippen molar-refractivity contribution in [1.29, 1.82) is 0 Å². The van der Waals surface area contributed by atoms with E-state index in [9.17, 15) is 9.90 Å². The van der Waals surface area contributed by atoms with Gasteiger partial charge in [-0.25, -0.2) is 0 Å². The van der Waals surface area contributed by atoms with Crippen LogP contribution in [0.4, 0.5) is 0 Å². The molecule has 0 saturated heterocycles. The maximum Gasteiger partial charge on any atom is 0.306 e. The van der Waals surface area contributed by atoms with Crippen LogP contribution in [0.15, 0.2) is 6.07 Å². The first-order valence-corrected chi connectivity index (χ1v) is 5.42. The average molecular weight is 243 g/mol. The van der Waals surface area contributed by atoms with Crippen LogP contribution in [0.5, 0.6) is 5.75 Å². The maximum absolute atomic E-state index is 10.8. The van der Waals surface area contributed by atoms with Crippen molar-refractivity contribution in [3.05, 3.63) is 27.8 Å². The predicted octanol–water partition coefficient (Wildman–Crippen LogP) is 2.93. The standard InChI is InChI=1S/C12H15ClO3/c1-6-4-9(5-7(2)12(15)16)8(3)10(13)11(6)14/h4,7,14H,5H2,1-3H3,(H,15,16). The number of halogens is 1. The lowest BCUT2D eigenvalue weighted by atomic mass is 9.95. The van der Waals surface area contributed by atoms with Crippen molar-refractivity contribution in [2.24, 2.45) is 5.92 Å². The Balaban J connectivity index is 3.11. The summed E-state index contributed by atoms with van der Waals surface area (Å²) in [5.74, 6) is -1.22. The minimum atomic E-state index is -0.832. The van der Waals surface area contributed by atoms with Gasteiger partial charge in [0.05, 0.1) is 10.9 Å². The van der Waals surface area contributed by atoms with E-state index in [1.807, 2.05) is 0 Å². The number of phenols is 1. The number of hydrogen-bond acceptors (Lipinski definition) is 2. The first kappa shape index (κ1) is 12.8. The predicted molar refractivity (Wildman–Crippen MR) is 63.1 cm³/mol. The number of aryl methyl sites for hydroxylation is 1. The van der Waals surface area contributed by atoms with Crippen molar-refractivity contribution < 1.29 is 15.0 Å². The Kier molecular flexibility index (Phi) is 3.81. The highest BCUT2D eigenvalue weighted by molar-refractivity contribution is 6.33. The van der Waals surface area contributed by atoms with Crippen molar-refractivity contribution in [3.8, 4) is 5.75 Å². The molecule has 0 amide bonds. The van der Waals surface area contributed by atoms with Gasteiger partial charge in [0.15, 0.2) is 0 Å². The fraction of sp³-hybridized carbons (Fsp3) is 0.417. The first-order chi connectivity index (χ1) is 7.34. The molecule has 0 saturated carbocycles. The molecule has 1 aromatic carbocycles. The van der Waals surface area contributed by atoms with E-state index in [-0.39, 0.29) is 5.75 Å². The second-order valence-electron chi connectivity index (χ2n) is 4.08. The Labute approximate surface area is 99.7 Å². The van der Waals surface area contributed by atoms with Crippen molar-refractivity contribution in [3.63, 3.8) is 0 Å². The zero-order valence-corrected chi connectivity index (χ0v) is 10.3. The van der Waals surface area contributed by atoms with Crippen molar-refractivity contribution >= 4 is 17.6 Å². The summed E-state index contributed by atoms with van der Waals surface area (Å²) in [7, 11) is 0. The number of aromatic hydroxyl groups is 1. The lowest BCUT2D eigenvalue weighted by Gasteiger charge is -2.13. The molecule has 0 spiro atoms. The quantitative estimate of drug-likeness (QED) is 0.857. The van der Waals surface area contributed by atoms with E-state index in [0.29, 0.717) is 17.0 Å². The average Bonchev–Trinajstić information content (AvgIpc) is 2.22. The van der Waals surface area contributed by atoms with Crippen LogP contribution in [0.1, 0.15) is 23.6 Å². The molecule has 1 rings (SSSR count). The van der Waals surface area contributed by atoms with Gasteiger partial charge in [-0.3, -0.25) is 4.79 Å². The Hall–Kier alpha value is -1.22. The Morgan fingerprint density at radius 3 is 2.56 bits per heavy atom. The number of aliphatic carboxylic acids is 1. The summed E-state index contributed by atoms with van der Waals surface area (Å²) in [6, 6.07) is 1.79. The van der Waals surface area contributed by atoms with Crippen molar-refractivity contribution in [2.75, 3.05) is 0 Å². The maximum atomic E-state index is 10.8. The minimum Gasteiger partial charge on any atom is -0.506 e. The molecule has 16 heavy (non-hydrogen) atoms. The molecule has 0 radical (unpaired) electrons. The molecule has 0 aliphatic heterocycles. The number of rotatable bonds is 3. The van der Waals surface area contributed by atoms with Crippen LogP contribution in [0.2, 0.25) is 5.02 Å². The van der Waals surface area contributed by atoms with Gasteiger partial charge in [-0.05, 0) is 37.0 Å². The lowest BCUT2D eigenvalue weighted by molar-refractivity contribution is -0.141. The van der Waals surface area contributed by atoms with Gasteiger partial charge in [-0.15, -0.1) is 0 Å². The van der Waals surface area contributed by atoms with Crippen LogP contribution in [0, 0.1) is 19.8 Å². The summed E-state index contributed by atoms with van der Waals surface area (Å²) in [4.78, 5) is 10.8. The van der Waals surface area contributed by atoms with Gasteiger partial charge in [-0.1, -0.05) is 24.6 Å². The molecular weight excluding hydrogens is 228 g/mol. The van der Waals surface area contributed by atoms with Crippen LogP contribution in [-0.2, 0) is 11.2 Å². The minimum absolute atomic E-state index is 0.0749. The zero-order chi connectivity index (χ0) is 12.5. The van der Waals surface area contributed by atoms with Crippen LogP contribution in [-0.4, -0.2) is 16.2 Å². The normalized spacial score (nSPS) is 12.5. The third-order valence-corrected chi connectivity index (χ3v) is 3.19. The van der Waals surface area contributed by atoms with Crippen LogP contribution >= 0.6 is 11.6 Å². The highest BCUT2D eigenvalue weighted by Gasteiger charge is 2.16. The van der Waals surface area contributed by atoms with Gasteiger partial charge in [0, 0.05) is 0 Å². The topological polar surface area (TPSA) is 57.5 Å². The van der Waals surface area contributed by atoms with E-state index < -0.39 is 11.9 Å². The molecule has 0 aromatic heterocycles. The van der Waals surface area contributed by atoms with Crippen LogP contribution < -0.4 is 0 Å². The SMILES string of the molecule is Cc1cc(CC(C)C(=O)O)c(C)c(Cl)c1O. The number of carboxylic acids is 1. The number of carboxylic acid groups (broad SMARTS) is 1. The second-order valence-corrected chi connectivity index (χ2v) is 4.46. The number of phenolic OH excluding ortho intramolecular Hbond substituents is 1. The second kappa shape index (κ2) is 4.74. The van der Waals surface area contributed by atoms with E-state index in [1.165, 1.54) is 0 Å². The fourth-order valence-electron chi connectivity index (χ4n) is 1.56. The fourth-order valence-corrected chi connectivity index (χ4v) is 1.83. The largest absolute Gasteiger partial charge is 0.506 e. The van der Waals surface area contributed by atoms with E-state index in [2.05, 4.69) is 0 Å². The van der Waals surface area contributed by atoms with Crippen molar-refractivity contribution in [1.82, 2.24) is 0 Å². The van der Waals surface area contributed by atoms with Crippen molar-refractivity contribution in [2.45, 2.75) is 27.2 Å². The van der Waals surface area contributed by atoms with Gasteiger partial charge in [0.25, 0.3) is 0 Å². The first-order valence-electron chi connectivity index (χ1n) is 5.05. The van der Waals surface area contributed by atoms with E-state index in [0.717, 1.165) is 11.1 Å². The summed E-state index contributed by atoms with van der Waals surface area (Å²) in [5, 5.41) is 18.8. The zero-order valence-electron chi connectivity index (χ0n) is 9.54. The molecule has 1 aromatic rings. The van der Waals surface area contributed by atoms with E-state index in [4.69, 9.17) is 16.7 Å². The lowest BCUT2D eigenvalue weighted by Crippen LogP contribution is -2.13. The molecule has 1 atom stereocenters. The monoisotopic (exact) mass is 242 g/mol. The van der Waals surface area contributed by atoms with E-state index >= 15 is 0 Å². The molecule has 0 aliphatic rings. The number of benzene rings is 1. The van der Waals surface area contributed by atoms with Gasteiger partial charge in [-0.2, -0.15) is 0 Å². The smallest absolute Gasteiger partial charge is 0.306 e. The molecule has 1 unspecified atom stereocenters. The molecule has 0 bridgehead atoms. The Morgan fingerprint density at radius 1 is 1.50 bits per heavy atom. The summed E-state index contributed by atoms with van der Waals surface area (Å²) >= 11 is 5.95. The molecule has 0 fully saturated rings. The summed E-state index contributed by atoms with van der Waals surface area (Å²) < 4.78 is 0. The summed E-state index contributed by atoms with van der Waals surface area (Å²) in [5.41, 5.74) is 2.29. The summed E-state index contributed by atoms with van der Waals surface area (Å²) in [6.45, 7) is 5.18. The molecule has 2 N–H and O–H groups in total.